The Morgan fingerprint density at radius 2 is 1.78 bits per heavy atom. The van der Waals surface area contributed by atoms with E-state index in [0.29, 0.717) is 18.6 Å². The zero-order valence-corrected chi connectivity index (χ0v) is 18.9. The maximum atomic E-state index is 13.3. The van der Waals surface area contributed by atoms with E-state index in [4.69, 9.17) is 17.0 Å². The van der Waals surface area contributed by atoms with Crippen molar-refractivity contribution in [3.05, 3.63) is 106 Å². The lowest BCUT2D eigenvalue weighted by atomic mass is 9.98. The Balaban J connectivity index is 1.56. The molecule has 4 aromatic rings. The lowest BCUT2D eigenvalue weighted by molar-refractivity contribution is 0.402. The molecule has 0 spiro atoms. The molecule has 32 heavy (non-hydrogen) atoms. The van der Waals surface area contributed by atoms with Gasteiger partial charge in [-0.1, -0.05) is 72.4 Å². The molecule has 0 unspecified atom stereocenters. The minimum atomic E-state index is -0.229. The highest BCUT2D eigenvalue weighted by molar-refractivity contribution is 7.80. The van der Waals surface area contributed by atoms with Crippen molar-refractivity contribution in [2.24, 2.45) is 0 Å². The number of pyridine rings is 1. The van der Waals surface area contributed by atoms with E-state index < -0.39 is 0 Å². The standard InChI is InChI=1S/C27H24N2O2S/c1-17-10-12-21(13-11-17)28-24-16-23(32)26-27(31-2)20(15-25(30)29(24)26)14-19-8-5-7-18-6-3-4-9-22(18)19/h3-13,15,24,28H,14,16H2,1-2H3/t24-/m1/s1. The summed E-state index contributed by atoms with van der Waals surface area (Å²) in [5, 5.41) is 5.82. The molecule has 0 fully saturated rings. The van der Waals surface area contributed by atoms with Crippen LogP contribution in [0.15, 0.2) is 77.6 Å². The van der Waals surface area contributed by atoms with Crippen molar-refractivity contribution in [1.29, 1.82) is 0 Å². The first-order chi connectivity index (χ1) is 15.5. The first-order valence-electron chi connectivity index (χ1n) is 10.7. The molecule has 1 atom stereocenters. The molecular formula is C27H24N2O2S. The summed E-state index contributed by atoms with van der Waals surface area (Å²) >= 11 is 5.72. The molecule has 0 radical (unpaired) electrons. The molecule has 160 valence electrons. The predicted molar refractivity (Wildman–Crippen MR) is 134 cm³/mol. The number of nitrogens with one attached hydrogen (secondary N) is 1. The summed E-state index contributed by atoms with van der Waals surface area (Å²) in [6, 6.07) is 24.4. The van der Waals surface area contributed by atoms with Gasteiger partial charge in [0.2, 0.25) is 0 Å². The number of fused-ring (bicyclic) bond motifs is 2. The summed E-state index contributed by atoms with van der Waals surface area (Å²) in [7, 11) is 1.65. The van der Waals surface area contributed by atoms with Gasteiger partial charge in [-0.15, -0.1) is 0 Å². The zero-order valence-electron chi connectivity index (χ0n) is 18.1. The number of hydrogen-bond donors (Lipinski definition) is 1. The fourth-order valence-electron chi connectivity index (χ4n) is 4.56. The minimum Gasteiger partial charge on any atom is -0.494 e. The van der Waals surface area contributed by atoms with Gasteiger partial charge in [-0.05, 0) is 35.4 Å². The molecule has 3 aromatic carbocycles. The van der Waals surface area contributed by atoms with E-state index in [1.54, 1.807) is 17.7 Å². The van der Waals surface area contributed by atoms with Gasteiger partial charge in [0.25, 0.3) is 5.56 Å². The van der Waals surface area contributed by atoms with Crippen LogP contribution in [0, 0.1) is 6.92 Å². The van der Waals surface area contributed by atoms with Crippen molar-refractivity contribution in [1.82, 2.24) is 4.57 Å². The molecule has 5 rings (SSSR count). The van der Waals surface area contributed by atoms with Crippen LogP contribution < -0.4 is 15.6 Å². The highest BCUT2D eigenvalue weighted by Crippen LogP contribution is 2.35. The molecule has 1 aliphatic heterocycles. The molecule has 1 aliphatic rings. The molecule has 1 aromatic heterocycles. The summed E-state index contributed by atoms with van der Waals surface area (Å²) in [4.78, 5) is 14.0. The third kappa shape index (κ3) is 3.59. The van der Waals surface area contributed by atoms with Crippen LogP contribution in [-0.4, -0.2) is 16.5 Å². The van der Waals surface area contributed by atoms with Crippen molar-refractivity contribution in [3.63, 3.8) is 0 Å². The largest absolute Gasteiger partial charge is 0.494 e. The number of anilines is 1. The van der Waals surface area contributed by atoms with Gasteiger partial charge in [-0.3, -0.25) is 9.36 Å². The first-order valence-corrected chi connectivity index (χ1v) is 11.1. The highest BCUT2D eigenvalue weighted by atomic mass is 32.1. The summed E-state index contributed by atoms with van der Waals surface area (Å²) in [5.74, 6) is 0.691. The summed E-state index contributed by atoms with van der Waals surface area (Å²) in [6.45, 7) is 2.05. The van der Waals surface area contributed by atoms with Crippen molar-refractivity contribution < 1.29 is 4.74 Å². The van der Waals surface area contributed by atoms with Crippen molar-refractivity contribution >= 4 is 33.5 Å². The smallest absolute Gasteiger partial charge is 0.253 e. The number of aromatic nitrogens is 1. The van der Waals surface area contributed by atoms with Crippen molar-refractivity contribution in [2.45, 2.75) is 25.9 Å². The SMILES string of the molecule is COc1c(Cc2cccc3ccccc23)cc(=O)n2c1C(=S)C[C@@H]2Nc1ccc(C)cc1. The molecule has 0 saturated carbocycles. The minimum absolute atomic E-state index is 0.0690. The number of hydrogen-bond acceptors (Lipinski definition) is 4. The van der Waals surface area contributed by atoms with Crippen LogP contribution in [0.1, 0.15) is 35.0 Å². The van der Waals surface area contributed by atoms with Gasteiger partial charge in [0.15, 0.2) is 0 Å². The molecule has 2 heterocycles. The third-order valence-corrected chi connectivity index (χ3v) is 6.45. The average Bonchev–Trinajstić information content (AvgIpc) is 3.12. The van der Waals surface area contributed by atoms with Crippen LogP contribution in [0.2, 0.25) is 0 Å². The fourth-order valence-corrected chi connectivity index (χ4v) is 4.91. The lowest BCUT2D eigenvalue weighted by Gasteiger charge is -2.20. The summed E-state index contributed by atoms with van der Waals surface area (Å²) < 4.78 is 7.58. The normalized spacial score (nSPS) is 15.1. The number of benzene rings is 3. The molecular weight excluding hydrogens is 416 g/mol. The van der Waals surface area contributed by atoms with Gasteiger partial charge in [0.1, 0.15) is 17.6 Å². The molecule has 0 saturated heterocycles. The molecule has 5 heteroatoms. The second-order valence-electron chi connectivity index (χ2n) is 8.23. The maximum Gasteiger partial charge on any atom is 0.253 e. The van der Waals surface area contributed by atoms with Crippen LogP contribution in [0.5, 0.6) is 5.75 Å². The monoisotopic (exact) mass is 440 g/mol. The van der Waals surface area contributed by atoms with E-state index in [1.165, 1.54) is 16.3 Å². The Hall–Kier alpha value is -3.44. The van der Waals surface area contributed by atoms with Gasteiger partial charge >= 0.3 is 0 Å². The number of aryl methyl sites for hydroxylation is 1. The Labute approximate surface area is 192 Å². The first kappa shape index (κ1) is 20.5. The fraction of sp³-hybridized carbons (Fsp3) is 0.185. The molecule has 0 bridgehead atoms. The third-order valence-electron chi connectivity index (χ3n) is 6.09. The topological polar surface area (TPSA) is 43.3 Å². The molecule has 0 aliphatic carbocycles. The van der Waals surface area contributed by atoms with Gasteiger partial charge in [0.05, 0.1) is 7.11 Å². The van der Waals surface area contributed by atoms with Crippen LogP contribution >= 0.6 is 12.2 Å². The Morgan fingerprint density at radius 1 is 1.03 bits per heavy atom. The van der Waals surface area contributed by atoms with Crippen molar-refractivity contribution in [2.75, 3.05) is 12.4 Å². The maximum absolute atomic E-state index is 13.3. The summed E-state index contributed by atoms with van der Waals surface area (Å²) in [5.41, 5.74) is 4.81. The number of ether oxygens (including phenoxy) is 1. The van der Waals surface area contributed by atoms with E-state index in [0.717, 1.165) is 27.4 Å². The van der Waals surface area contributed by atoms with Gasteiger partial charge in [0, 0.05) is 35.0 Å². The average molecular weight is 441 g/mol. The van der Waals surface area contributed by atoms with Gasteiger partial charge in [-0.25, -0.2) is 0 Å². The van der Waals surface area contributed by atoms with E-state index >= 15 is 0 Å². The Bertz CT molecular complexity index is 1380. The van der Waals surface area contributed by atoms with E-state index in [2.05, 4.69) is 42.6 Å². The summed E-state index contributed by atoms with van der Waals surface area (Å²) in [6.07, 6.45) is 0.951. The molecule has 1 N–H and O–H groups in total. The van der Waals surface area contributed by atoms with Gasteiger partial charge in [-0.2, -0.15) is 0 Å². The van der Waals surface area contributed by atoms with E-state index in [-0.39, 0.29) is 11.7 Å². The lowest BCUT2D eigenvalue weighted by Crippen LogP contribution is -2.28. The number of thiocarbonyl (C=S) groups is 1. The van der Waals surface area contributed by atoms with Crippen LogP contribution in [0.4, 0.5) is 5.69 Å². The quantitative estimate of drug-likeness (QED) is 0.408. The van der Waals surface area contributed by atoms with Crippen LogP contribution in [0.3, 0.4) is 0 Å². The molecule has 0 amide bonds. The Kier molecular flexibility index (Phi) is 5.27. The Morgan fingerprint density at radius 3 is 2.56 bits per heavy atom. The van der Waals surface area contributed by atoms with Gasteiger partial charge < -0.3 is 10.1 Å². The second kappa shape index (κ2) is 8.24. The van der Waals surface area contributed by atoms with Crippen LogP contribution in [0.25, 0.3) is 10.8 Å². The van der Waals surface area contributed by atoms with E-state index in [9.17, 15) is 4.79 Å². The predicted octanol–water partition coefficient (Wildman–Crippen LogP) is 5.64. The zero-order chi connectivity index (χ0) is 22.2. The van der Waals surface area contributed by atoms with Crippen molar-refractivity contribution in [3.8, 4) is 5.75 Å². The number of nitrogens with zero attached hydrogens (tertiary/aromatic N) is 1. The van der Waals surface area contributed by atoms with E-state index in [1.807, 2.05) is 36.4 Å². The second-order valence-corrected chi connectivity index (χ2v) is 8.72. The highest BCUT2D eigenvalue weighted by Gasteiger charge is 2.32. The number of methoxy groups -OCH3 is 1. The number of rotatable bonds is 5. The van der Waals surface area contributed by atoms with Crippen LogP contribution in [-0.2, 0) is 6.42 Å². The molecule has 4 nitrogen and oxygen atoms in total.